The van der Waals surface area contributed by atoms with Crippen LogP contribution in [-0.4, -0.2) is 118 Å². The summed E-state index contributed by atoms with van der Waals surface area (Å²) in [6.07, 6.45) is 10.0. The Hall–Kier alpha value is -5.61. The number of pyridine rings is 2. The first-order valence-electron chi connectivity index (χ1n) is 25.5. The second kappa shape index (κ2) is 29.0. The Kier molecular flexibility index (Phi) is 23.7. The maximum Gasteiger partial charge on any atom is 0.253 e. The van der Waals surface area contributed by atoms with Gasteiger partial charge in [0.25, 0.3) is 22.9 Å². The van der Waals surface area contributed by atoms with Crippen molar-refractivity contribution in [2.45, 2.75) is 144 Å². The number of ether oxygens (including phenoxy) is 2. The summed E-state index contributed by atoms with van der Waals surface area (Å²) in [5.74, 6) is -0.295. The smallest absolute Gasteiger partial charge is 0.253 e. The van der Waals surface area contributed by atoms with E-state index in [1.807, 2.05) is 85.0 Å². The van der Waals surface area contributed by atoms with Crippen LogP contribution in [0.2, 0.25) is 0 Å². The Morgan fingerprint density at radius 2 is 1.08 bits per heavy atom. The van der Waals surface area contributed by atoms with Gasteiger partial charge in [-0.3, -0.25) is 19.2 Å². The van der Waals surface area contributed by atoms with Crippen LogP contribution in [0.15, 0.2) is 58.1 Å². The number of aryl methyl sites for hydroxylation is 4. The molecule has 4 aromatic rings. The normalized spacial score (nSPS) is 17.5. The molecule has 0 bridgehead atoms. The highest BCUT2D eigenvalue weighted by Gasteiger charge is 2.29. The van der Waals surface area contributed by atoms with Crippen molar-refractivity contribution in [3.8, 4) is 0 Å². The summed E-state index contributed by atoms with van der Waals surface area (Å²) in [5.41, 5.74) is 9.90. The Morgan fingerprint density at radius 3 is 1.44 bits per heavy atom. The van der Waals surface area contributed by atoms with Crippen molar-refractivity contribution >= 4 is 29.5 Å². The van der Waals surface area contributed by atoms with Gasteiger partial charge in [0, 0.05) is 116 Å². The molecule has 390 valence electrons. The van der Waals surface area contributed by atoms with E-state index in [0.717, 1.165) is 96.9 Å². The minimum absolute atomic E-state index is 0.141. The third-order valence-electron chi connectivity index (χ3n) is 14.4. The molecule has 71 heavy (non-hydrogen) atoms. The molecule has 15 nitrogen and oxygen atoms in total. The number of carbonyl (C=O) groups excluding carboxylic acids is 3. The molecule has 2 saturated carbocycles. The predicted octanol–water partition coefficient (Wildman–Crippen LogP) is 7.36. The molecule has 0 atom stereocenters. The van der Waals surface area contributed by atoms with Gasteiger partial charge in [-0.15, -0.1) is 0 Å². The summed E-state index contributed by atoms with van der Waals surface area (Å²) in [7, 11) is 7.47. The number of likely N-dealkylation sites (N-methyl/N-ethyl adjacent to an activating group) is 1. The Bertz CT molecular complexity index is 2450. The molecule has 2 fully saturated rings. The minimum atomic E-state index is -0.150. The van der Waals surface area contributed by atoms with Gasteiger partial charge in [-0.25, -0.2) is 0 Å². The third kappa shape index (κ3) is 16.2. The first-order chi connectivity index (χ1) is 34.0. The number of nitrogens with one attached hydrogen (secondary N) is 5. The lowest BCUT2D eigenvalue weighted by Gasteiger charge is -2.41. The summed E-state index contributed by atoms with van der Waals surface area (Å²) >= 11 is 0. The fourth-order valence-electron chi connectivity index (χ4n) is 10.3. The average molecular weight is 981 g/mol. The number of rotatable bonds is 19. The molecule has 0 radical (unpaired) electrons. The van der Waals surface area contributed by atoms with Crippen molar-refractivity contribution in [2.75, 3.05) is 71.0 Å². The highest BCUT2D eigenvalue weighted by Crippen LogP contribution is 2.33. The number of nitrogens with zero attached hydrogens (tertiary/aromatic N) is 3. The van der Waals surface area contributed by atoms with E-state index in [0.29, 0.717) is 52.7 Å². The van der Waals surface area contributed by atoms with Crippen LogP contribution in [0.4, 0.5) is 11.4 Å². The average Bonchev–Trinajstić information content (AvgIpc) is 3.35. The number of hydrogen-bond donors (Lipinski definition) is 5. The van der Waals surface area contributed by atoms with E-state index in [9.17, 15) is 24.0 Å². The zero-order valence-corrected chi connectivity index (χ0v) is 44.8. The summed E-state index contributed by atoms with van der Waals surface area (Å²) in [6.45, 7) is 20.1. The van der Waals surface area contributed by atoms with Crippen molar-refractivity contribution in [2.24, 2.45) is 0 Å². The fourth-order valence-corrected chi connectivity index (χ4v) is 10.3. The standard InChI is InChI=1S/C28H42N4O3.C25H36N4O2.C3H6O2/c1-7-32(23-13-11-22(12-14-23)31(5)15-16-35-6)26-10-8-9-24(21(26)4)27(33)29-18-25-19(2)17-20(3)30-28(25)34;1-6-29(20-12-10-19(26-5)11-13-20)23-9-7-8-21(18(23)4)24(30)27-15-22-16(2)14-17(3)28-25(22)31;1-5-3-2-4/h8-10,17,22-23H,7,11-16,18H2,1-6H3,(H,29,33)(H,30,34);7-9,14,19-20,26H,6,10-13,15H2,1-5H3,(H,27,30)(H,28,31);2H,3H2,1H3. The van der Waals surface area contributed by atoms with Crippen molar-refractivity contribution in [1.82, 2.24) is 30.8 Å². The molecule has 5 N–H and O–H groups in total. The highest BCUT2D eigenvalue weighted by molar-refractivity contribution is 5.97. The van der Waals surface area contributed by atoms with Crippen molar-refractivity contribution < 1.29 is 23.9 Å². The zero-order valence-electron chi connectivity index (χ0n) is 44.8. The van der Waals surface area contributed by atoms with Gasteiger partial charge in [0.1, 0.15) is 12.9 Å². The van der Waals surface area contributed by atoms with Crippen LogP contribution in [0.25, 0.3) is 0 Å². The van der Waals surface area contributed by atoms with E-state index in [1.165, 1.54) is 32.8 Å². The van der Waals surface area contributed by atoms with Crippen LogP contribution < -0.4 is 36.9 Å². The van der Waals surface area contributed by atoms with E-state index < -0.39 is 0 Å². The number of hydrogen-bond acceptors (Lipinski definition) is 11. The summed E-state index contributed by atoms with van der Waals surface area (Å²) in [4.78, 5) is 73.0. The minimum Gasteiger partial charge on any atom is -0.383 e. The van der Waals surface area contributed by atoms with Gasteiger partial charge in [-0.2, -0.15) is 0 Å². The van der Waals surface area contributed by atoms with Gasteiger partial charge >= 0.3 is 0 Å². The number of H-pyrrole nitrogens is 2. The molecule has 0 saturated heterocycles. The molecule has 6 rings (SSSR count). The molecule has 0 spiro atoms. The lowest BCUT2D eigenvalue weighted by atomic mass is 9.88. The molecule has 2 aliphatic carbocycles. The number of methoxy groups -OCH3 is 2. The van der Waals surface area contributed by atoms with Crippen molar-refractivity contribution in [1.29, 1.82) is 0 Å². The monoisotopic (exact) mass is 981 g/mol. The van der Waals surface area contributed by atoms with Gasteiger partial charge in [-0.05, 0) is 180 Å². The highest BCUT2D eigenvalue weighted by atomic mass is 16.5. The van der Waals surface area contributed by atoms with Gasteiger partial charge < -0.3 is 54.9 Å². The van der Waals surface area contributed by atoms with E-state index in [1.54, 1.807) is 7.11 Å². The van der Waals surface area contributed by atoms with Crippen LogP contribution >= 0.6 is 0 Å². The largest absolute Gasteiger partial charge is 0.383 e. The zero-order chi connectivity index (χ0) is 52.2. The molecular formula is C56H84N8O7. The van der Waals surface area contributed by atoms with Gasteiger partial charge in [0.2, 0.25) is 0 Å². The van der Waals surface area contributed by atoms with Crippen molar-refractivity contribution in [3.05, 3.63) is 125 Å². The lowest BCUT2D eigenvalue weighted by molar-refractivity contribution is -0.110. The number of aldehydes is 1. The van der Waals surface area contributed by atoms with E-state index in [-0.39, 0.29) is 42.6 Å². The third-order valence-corrected chi connectivity index (χ3v) is 14.4. The van der Waals surface area contributed by atoms with Crippen LogP contribution in [0, 0.1) is 41.5 Å². The number of benzene rings is 2. The van der Waals surface area contributed by atoms with Crippen LogP contribution in [0.3, 0.4) is 0 Å². The van der Waals surface area contributed by atoms with Crippen LogP contribution in [0.1, 0.15) is 131 Å². The predicted molar refractivity (Wildman–Crippen MR) is 287 cm³/mol. The second-order valence-corrected chi connectivity index (χ2v) is 19.1. The summed E-state index contributed by atoms with van der Waals surface area (Å²) in [6, 6.07) is 18.0. The van der Waals surface area contributed by atoms with Gasteiger partial charge in [-0.1, -0.05) is 12.1 Å². The number of carbonyl (C=O) groups is 3. The van der Waals surface area contributed by atoms with Gasteiger partial charge in [0.15, 0.2) is 0 Å². The van der Waals surface area contributed by atoms with Crippen molar-refractivity contribution in [3.63, 3.8) is 0 Å². The molecule has 2 heterocycles. The molecule has 2 aliphatic rings. The Labute approximate surface area is 422 Å². The van der Waals surface area contributed by atoms with E-state index in [2.05, 4.69) is 78.4 Å². The molecule has 0 aliphatic heterocycles. The van der Waals surface area contributed by atoms with Crippen LogP contribution in [0.5, 0.6) is 0 Å². The number of aromatic nitrogens is 2. The first kappa shape index (κ1) is 58.0. The Morgan fingerprint density at radius 1 is 0.662 bits per heavy atom. The Balaban J connectivity index is 0.000000283. The maximum absolute atomic E-state index is 13.1. The molecule has 2 aromatic heterocycles. The quantitative estimate of drug-likeness (QED) is 0.0593. The van der Waals surface area contributed by atoms with E-state index in [4.69, 9.17) is 4.74 Å². The van der Waals surface area contributed by atoms with E-state index >= 15 is 0 Å². The first-order valence-corrected chi connectivity index (χ1v) is 25.5. The SMILES string of the molecule is CCN(c1cccc(C(=O)NCc2c(C)cc(C)[nH]c2=O)c1C)C1CCC(N(C)CCOC)CC1.CCN(c1cccc(C(=O)NCc2c(C)cc(C)[nH]c2=O)c1C)C1CCC(NC)CC1.COCC=O. The topological polar surface area (TPSA) is 181 Å². The second-order valence-electron chi connectivity index (χ2n) is 19.1. The molecular weight excluding hydrogens is 897 g/mol. The molecule has 0 unspecified atom stereocenters. The number of aromatic amines is 2. The molecule has 15 heteroatoms. The van der Waals surface area contributed by atoms with Crippen LogP contribution in [-0.2, 0) is 27.4 Å². The number of anilines is 2. The molecule has 2 aromatic carbocycles. The summed E-state index contributed by atoms with van der Waals surface area (Å²) in [5, 5.41) is 9.31. The lowest BCUT2D eigenvalue weighted by Crippen LogP contribution is -2.44. The summed E-state index contributed by atoms with van der Waals surface area (Å²) < 4.78 is 9.56. The number of amides is 2. The molecule has 2 amide bonds. The fraction of sp³-hybridized carbons (Fsp3) is 0.554. The van der Waals surface area contributed by atoms with Gasteiger partial charge in [0.05, 0.1) is 6.61 Å². The maximum atomic E-state index is 13.1.